The van der Waals surface area contributed by atoms with Gasteiger partial charge in [0.25, 0.3) is 0 Å². The Morgan fingerprint density at radius 1 is 1.47 bits per heavy atom. The maximum Gasteiger partial charge on any atom is 0.327 e. The van der Waals surface area contributed by atoms with Gasteiger partial charge in [0.15, 0.2) is 0 Å². The minimum absolute atomic E-state index is 0.0369. The molecule has 0 saturated carbocycles. The van der Waals surface area contributed by atoms with Gasteiger partial charge in [-0.3, -0.25) is 4.79 Å². The third-order valence-electron chi connectivity index (χ3n) is 1.85. The molecule has 0 amide bonds. The van der Waals surface area contributed by atoms with Crippen LogP contribution in [0.3, 0.4) is 0 Å². The zero-order valence-corrected chi connectivity index (χ0v) is 9.27. The number of hydrogen-bond donors (Lipinski definition) is 1. The lowest BCUT2D eigenvalue weighted by Gasteiger charge is -2.12. The Hall–Kier alpha value is -0.840. The molecule has 0 fully saturated rings. The van der Waals surface area contributed by atoms with Crippen molar-refractivity contribution in [3.63, 3.8) is 0 Å². The molecule has 1 rings (SSSR count). The standard InChI is InChI=1S/C9H8Cl2FNO2/c1-15-9(14)8(13)6-4(10)2-3-5(11)7(6)12/h2-3,8H,13H2,1H3/t8-/m0/s1. The highest BCUT2D eigenvalue weighted by Crippen LogP contribution is 2.29. The van der Waals surface area contributed by atoms with Gasteiger partial charge in [-0.1, -0.05) is 23.2 Å². The van der Waals surface area contributed by atoms with Crippen LogP contribution < -0.4 is 5.73 Å². The number of methoxy groups -OCH3 is 1. The molecule has 1 aromatic rings. The first kappa shape index (κ1) is 12.2. The van der Waals surface area contributed by atoms with E-state index in [1.807, 2.05) is 0 Å². The second-order valence-corrected chi connectivity index (χ2v) is 3.57. The summed E-state index contributed by atoms with van der Waals surface area (Å²) in [5, 5.41) is -0.108. The van der Waals surface area contributed by atoms with Crippen molar-refractivity contribution < 1.29 is 13.9 Å². The monoisotopic (exact) mass is 251 g/mol. The molecule has 0 saturated heterocycles. The first-order valence-electron chi connectivity index (χ1n) is 3.95. The van der Waals surface area contributed by atoms with Crippen LogP contribution in [0, 0.1) is 5.82 Å². The number of ether oxygens (including phenoxy) is 1. The highest BCUT2D eigenvalue weighted by molar-refractivity contribution is 6.34. The largest absolute Gasteiger partial charge is 0.468 e. The Morgan fingerprint density at radius 3 is 2.53 bits per heavy atom. The first-order chi connectivity index (χ1) is 6.99. The normalized spacial score (nSPS) is 12.3. The number of rotatable bonds is 2. The van der Waals surface area contributed by atoms with Crippen molar-refractivity contribution in [2.24, 2.45) is 5.73 Å². The summed E-state index contributed by atoms with van der Waals surface area (Å²) in [6, 6.07) is 1.37. The molecule has 0 aliphatic rings. The number of halogens is 3. The maximum absolute atomic E-state index is 13.5. The molecular weight excluding hydrogens is 244 g/mol. The minimum atomic E-state index is -1.28. The third-order valence-corrected chi connectivity index (χ3v) is 2.47. The highest BCUT2D eigenvalue weighted by atomic mass is 35.5. The lowest BCUT2D eigenvalue weighted by molar-refractivity contribution is -0.142. The van der Waals surface area contributed by atoms with E-state index >= 15 is 0 Å². The van der Waals surface area contributed by atoms with E-state index in [0.717, 1.165) is 7.11 Å². The van der Waals surface area contributed by atoms with Crippen molar-refractivity contribution in [1.29, 1.82) is 0 Å². The molecule has 3 nitrogen and oxygen atoms in total. The van der Waals surface area contributed by atoms with E-state index in [4.69, 9.17) is 28.9 Å². The van der Waals surface area contributed by atoms with Crippen LogP contribution in [0.15, 0.2) is 12.1 Å². The van der Waals surface area contributed by atoms with Crippen molar-refractivity contribution in [3.8, 4) is 0 Å². The Kier molecular flexibility index (Phi) is 3.90. The molecule has 6 heteroatoms. The van der Waals surface area contributed by atoms with E-state index in [9.17, 15) is 9.18 Å². The van der Waals surface area contributed by atoms with Gasteiger partial charge in [-0.25, -0.2) is 4.39 Å². The predicted molar refractivity (Wildman–Crippen MR) is 55.4 cm³/mol. The first-order valence-corrected chi connectivity index (χ1v) is 4.71. The van der Waals surface area contributed by atoms with Crippen LogP contribution in [0.5, 0.6) is 0 Å². The molecule has 0 aliphatic heterocycles. The van der Waals surface area contributed by atoms with Crippen LogP contribution in [-0.2, 0) is 9.53 Å². The number of benzene rings is 1. The molecule has 15 heavy (non-hydrogen) atoms. The number of hydrogen-bond acceptors (Lipinski definition) is 3. The van der Waals surface area contributed by atoms with E-state index in [1.54, 1.807) is 0 Å². The number of nitrogens with two attached hydrogens (primary N) is 1. The van der Waals surface area contributed by atoms with Crippen LogP contribution >= 0.6 is 23.2 Å². The Bertz CT molecular complexity index is 398. The minimum Gasteiger partial charge on any atom is -0.468 e. The SMILES string of the molecule is COC(=O)[C@@H](N)c1c(Cl)ccc(Cl)c1F. The Balaban J connectivity index is 3.24. The summed E-state index contributed by atoms with van der Waals surface area (Å²) < 4.78 is 17.9. The van der Waals surface area contributed by atoms with Gasteiger partial charge in [0, 0.05) is 10.6 Å². The summed E-state index contributed by atoms with van der Waals surface area (Å²) in [4.78, 5) is 11.1. The van der Waals surface area contributed by atoms with Crippen molar-refractivity contribution in [2.75, 3.05) is 7.11 Å². The number of carbonyl (C=O) groups excluding carboxylic acids is 1. The van der Waals surface area contributed by atoms with E-state index in [2.05, 4.69) is 4.74 Å². The summed E-state index contributed by atoms with van der Waals surface area (Å²) in [5.74, 6) is -1.58. The number of carbonyl (C=O) groups is 1. The topological polar surface area (TPSA) is 52.3 Å². The molecular formula is C9H8Cl2FNO2. The molecule has 0 bridgehead atoms. The fourth-order valence-corrected chi connectivity index (χ4v) is 1.50. The summed E-state index contributed by atoms with van der Waals surface area (Å²) in [5.41, 5.74) is 5.31. The molecule has 0 unspecified atom stereocenters. The summed E-state index contributed by atoms with van der Waals surface area (Å²) in [6.45, 7) is 0. The van der Waals surface area contributed by atoms with E-state index in [-0.39, 0.29) is 15.6 Å². The van der Waals surface area contributed by atoms with E-state index < -0.39 is 17.8 Å². The lowest BCUT2D eigenvalue weighted by Crippen LogP contribution is -2.24. The van der Waals surface area contributed by atoms with Gasteiger partial charge >= 0.3 is 5.97 Å². The van der Waals surface area contributed by atoms with Crippen LogP contribution in [0.25, 0.3) is 0 Å². The van der Waals surface area contributed by atoms with Gasteiger partial charge in [-0.2, -0.15) is 0 Å². The zero-order chi connectivity index (χ0) is 11.6. The van der Waals surface area contributed by atoms with E-state index in [1.165, 1.54) is 12.1 Å². The van der Waals surface area contributed by atoms with Crippen molar-refractivity contribution in [2.45, 2.75) is 6.04 Å². The second-order valence-electron chi connectivity index (χ2n) is 2.76. The van der Waals surface area contributed by atoms with Gasteiger partial charge in [0.05, 0.1) is 12.1 Å². The quantitative estimate of drug-likeness (QED) is 0.649. The van der Waals surface area contributed by atoms with Crippen LogP contribution in [0.1, 0.15) is 11.6 Å². The lowest BCUT2D eigenvalue weighted by atomic mass is 10.1. The average Bonchev–Trinajstić information content (AvgIpc) is 2.22. The zero-order valence-electron chi connectivity index (χ0n) is 7.76. The second kappa shape index (κ2) is 4.79. The third kappa shape index (κ3) is 2.40. The molecule has 0 aromatic heterocycles. The Morgan fingerprint density at radius 2 is 2.00 bits per heavy atom. The number of esters is 1. The van der Waals surface area contributed by atoms with Crippen LogP contribution in [0.4, 0.5) is 4.39 Å². The molecule has 1 atom stereocenters. The fourth-order valence-electron chi connectivity index (χ4n) is 1.07. The Labute approximate surface area is 95.9 Å². The highest BCUT2D eigenvalue weighted by Gasteiger charge is 2.24. The van der Waals surface area contributed by atoms with Gasteiger partial charge in [0.1, 0.15) is 11.9 Å². The maximum atomic E-state index is 13.5. The van der Waals surface area contributed by atoms with Crippen molar-refractivity contribution in [3.05, 3.63) is 33.6 Å². The summed E-state index contributed by atoms with van der Waals surface area (Å²) >= 11 is 11.2. The summed E-state index contributed by atoms with van der Waals surface area (Å²) in [7, 11) is 1.15. The van der Waals surface area contributed by atoms with Gasteiger partial charge in [0.2, 0.25) is 0 Å². The predicted octanol–water partition coefficient (Wildman–Crippen LogP) is 2.31. The summed E-state index contributed by atoms with van der Waals surface area (Å²) in [6.07, 6.45) is 0. The van der Waals surface area contributed by atoms with E-state index in [0.29, 0.717) is 0 Å². The van der Waals surface area contributed by atoms with Crippen LogP contribution in [-0.4, -0.2) is 13.1 Å². The van der Waals surface area contributed by atoms with Crippen LogP contribution in [0.2, 0.25) is 10.0 Å². The molecule has 82 valence electrons. The van der Waals surface area contributed by atoms with Gasteiger partial charge in [-0.15, -0.1) is 0 Å². The molecule has 1 aromatic carbocycles. The fraction of sp³-hybridized carbons (Fsp3) is 0.222. The van der Waals surface area contributed by atoms with Crippen molar-refractivity contribution >= 4 is 29.2 Å². The van der Waals surface area contributed by atoms with Crippen molar-refractivity contribution in [1.82, 2.24) is 0 Å². The molecule has 0 aliphatic carbocycles. The van der Waals surface area contributed by atoms with Gasteiger partial charge in [-0.05, 0) is 12.1 Å². The molecule has 0 heterocycles. The molecule has 0 spiro atoms. The molecule has 2 N–H and O–H groups in total. The van der Waals surface area contributed by atoms with Gasteiger partial charge < -0.3 is 10.5 Å². The molecule has 0 radical (unpaired) electrons. The smallest absolute Gasteiger partial charge is 0.327 e. The average molecular weight is 252 g/mol.